The molecule has 0 fully saturated rings. The van der Waals surface area contributed by atoms with Gasteiger partial charge in [-0.25, -0.2) is 9.13 Å². The van der Waals surface area contributed by atoms with Crippen molar-refractivity contribution in [2.24, 2.45) is 0 Å². The molecule has 0 unspecified atom stereocenters. The topological polar surface area (TPSA) is 56.4 Å². The first-order chi connectivity index (χ1) is 13.7. The van der Waals surface area contributed by atoms with E-state index in [0.717, 1.165) is 36.4 Å². The van der Waals surface area contributed by atoms with Gasteiger partial charge in [0.2, 0.25) is 0 Å². The summed E-state index contributed by atoms with van der Waals surface area (Å²) in [5.41, 5.74) is 2.93. The fourth-order valence-electron chi connectivity index (χ4n) is 3.73. The van der Waals surface area contributed by atoms with Crippen molar-refractivity contribution in [1.29, 1.82) is 0 Å². The van der Waals surface area contributed by atoms with E-state index in [0.29, 0.717) is 11.4 Å². The number of nitrogens with zero attached hydrogens (tertiary/aromatic N) is 2. The van der Waals surface area contributed by atoms with E-state index in [1.54, 1.807) is 14.2 Å². The molecule has 1 N–H and O–H groups in total. The van der Waals surface area contributed by atoms with Gasteiger partial charge >= 0.3 is 0 Å². The van der Waals surface area contributed by atoms with Crippen LogP contribution >= 0.6 is 0 Å². The number of benzene rings is 2. The van der Waals surface area contributed by atoms with Crippen LogP contribution in [0.5, 0.6) is 11.5 Å². The van der Waals surface area contributed by atoms with Crippen molar-refractivity contribution < 1.29 is 18.8 Å². The van der Waals surface area contributed by atoms with Crippen LogP contribution in [0.1, 0.15) is 12.2 Å². The Morgan fingerprint density at radius 3 is 2.64 bits per heavy atom. The molecule has 28 heavy (non-hydrogen) atoms. The van der Waals surface area contributed by atoms with Crippen molar-refractivity contribution in [2.45, 2.75) is 25.9 Å². The molecule has 2 heterocycles. The Morgan fingerprint density at radius 2 is 1.89 bits per heavy atom. The third kappa shape index (κ3) is 3.45. The normalized spacial score (nSPS) is 12.5. The molecule has 2 aromatic carbocycles. The summed E-state index contributed by atoms with van der Waals surface area (Å²) in [5.74, 6) is 2.60. The first kappa shape index (κ1) is 18.1. The average molecular weight is 378 g/mol. The van der Waals surface area contributed by atoms with Gasteiger partial charge < -0.3 is 14.8 Å². The predicted octanol–water partition coefficient (Wildman–Crippen LogP) is 3.04. The maximum absolute atomic E-state index is 12.7. The van der Waals surface area contributed by atoms with Gasteiger partial charge in [0, 0.05) is 5.56 Å². The average Bonchev–Trinajstić information content (AvgIpc) is 3.32. The zero-order chi connectivity index (χ0) is 19.5. The fraction of sp³-hybridized carbons (Fsp3) is 0.273. The largest absolute Gasteiger partial charge is 0.497 e. The van der Waals surface area contributed by atoms with Crippen LogP contribution in [0.2, 0.25) is 0 Å². The summed E-state index contributed by atoms with van der Waals surface area (Å²) in [5, 5.41) is 2.95. The molecule has 1 amide bonds. The number of carbonyl (C=O) groups is 1. The lowest BCUT2D eigenvalue weighted by atomic mass is 10.1. The molecule has 1 aliphatic heterocycles. The van der Waals surface area contributed by atoms with Gasteiger partial charge in [-0.3, -0.25) is 4.79 Å². The third-order valence-corrected chi connectivity index (χ3v) is 5.07. The summed E-state index contributed by atoms with van der Waals surface area (Å²) in [6.07, 6.45) is 4.13. The second-order valence-electron chi connectivity index (χ2n) is 6.79. The van der Waals surface area contributed by atoms with Crippen LogP contribution in [0.3, 0.4) is 0 Å². The van der Waals surface area contributed by atoms with Crippen molar-refractivity contribution in [1.82, 2.24) is 4.57 Å². The van der Waals surface area contributed by atoms with Gasteiger partial charge in [-0.05, 0) is 42.8 Å². The van der Waals surface area contributed by atoms with Crippen LogP contribution in [0.25, 0.3) is 11.3 Å². The Labute approximate surface area is 164 Å². The summed E-state index contributed by atoms with van der Waals surface area (Å²) in [4.78, 5) is 12.7. The van der Waals surface area contributed by atoms with Gasteiger partial charge in [-0.1, -0.05) is 12.1 Å². The lowest BCUT2D eigenvalue weighted by molar-refractivity contribution is -0.690. The number of para-hydroxylation sites is 2. The number of nitrogens with one attached hydrogen (secondary N) is 1. The van der Waals surface area contributed by atoms with E-state index < -0.39 is 0 Å². The smallest absolute Gasteiger partial charge is 0.266 e. The highest BCUT2D eigenvalue weighted by Crippen LogP contribution is 2.27. The highest BCUT2D eigenvalue weighted by atomic mass is 16.5. The molecule has 6 nitrogen and oxygen atoms in total. The van der Waals surface area contributed by atoms with Gasteiger partial charge in [0.05, 0.1) is 32.9 Å². The number of aromatic nitrogens is 2. The van der Waals surface area contributed by atoms with E-state index in [1.807, 2.05) is 36.4 Å². The monoisotopic (exact) mass is 378 g/mol. The molecule has 4 rings (SSSR count). The van der Waals surface area contributed by atoms with Crippen molar-refractivity contribution >= 4 is 11.6 Å². The van der Waals surface area contributed by atoms with E-state index in [1.165, 1.54) is 5.82 Å². The summed E-state index contributed by atoms with van der Waals surface area (Å²) >= 11 is 0. The van der Waals surface area contributed by atoms with E-state index in [-0.39, 0.29) is 12.5 Å². The number of hydrogen-bond acceptors (Lipinski definition) is 3. The van der Waals surface area contributed by atoms with E-state index in [4.69, 9.17) is 9.47 Å². The summed E-state index contributed by atoms with van der Waals surface area (Å²) in [6.45, 7) is 1.24. The van der Waals surface area contributed by atoms with Crippen LogP contribution in [0.4, 0.5) is 5.69 Å². The predicted molar refractivity (Wildman–Crippen MR) is 107 cm³/mol. The Morgan fingerprint density at radius 1 is 1.11 bits per heavy atom. The van der Waals surface area contributed by atoms with Crippen LogP contribution in [-0.4, -0.2) is 24.7 Å². The second-order valence-corrected chi connectivity index (χ2v) is 6.79. The molecule has 0 spiro atoms. The van der Waals surface area contributed by atoms with Crippen molar-refractivity contribution in [2.75, 3.05) is 19.5 Å². The maximum atomic E-state index is 12.7. The van der Waals surface area contributed by atoms with Gasteiger partial charge in [-0.2, -0.15) is 0 Å². The van der Waals surface area contributed by atoms with E-state index in [9.17, 15) is 4.79 Å². The number of rotatable bonds is 6. The number of methoxy groups -OCH3 is 2. The van der Waals surface area contributed by atoms with E-state index in [2.05, 4.69) is 32.8 Å². The number of fused-ring (bicyclic) bond motifs is 1. The third-order valence-electron chi connectivity index (χ3n) is 5.07. The van der Waals surface area contributed by atoms with Crippen molar-refractivity contribution in [3.05, 3.63) is 60.6 Å². The molecule has 6 heteroatoms. The number of anilines is 1. The Bertz CT molecular complexity index is 993. The zero-order valence-corrected chi connectivity index (χ0v) is 16.1. The Hall–Kier alpha value is -3.28. The molecule has 3 aromatic rings. The lowest BCUT2D eigenvalue weighted by Crippen LogP contribution is -2.42. The van der Waals surface area contributed by atoms with Crippen LogP contribution in [0.15, 0.2) is 54.7 Å². The fourth-order valence-corrected chi connectivity index (χ4v) is 3.73. The molecule has 1 aromatic heterocycles. The number of hydrogen-bond donors (Lipinski definition) is 1. The van der Waals surface area contributed by atoms with Gasteiger partial charge in [0.25, 0.3) is 11.7 Å². The molecule has 1 aliphatic rings. The molecule has 144 valence electrons. The minimum absolute atomic E-state index is 0.0731. The van der Waals surface area contributed by atoms with Gasteiger partial charge in [-0.15, -0.1) is 0 Å². The molecule has 0 atom stereocenters. The molecule has 0 radical (unpaired) electrons. The van der Waals surface area contributed by atoms with Gasteiger partial charge in [0.1, 0.15) is 17.7 Å². The quantitative estimate of drug-likeness (QED) is 0.671. The molecule has 0 aliphatic carbocycles. The Balaban J connectivity index is 1.57. The molecular weight excluding hydrogens is 354 g/mol. The Kier molecular flexibility index (Phi) is 5.02. The molecule has 0 bridgehead atoms. The second kappa shape index (κ2) is 7.76. The maximum Gasteiger partial charge on any atom is 0.266 e. The minimum atomic E-state index is -0.0731. The SMILES string of the molecule is COc1ccc(-c2c[n+](CC(=O)Nc3ccccc3OC)c3n2CCC3)cc1. The first-order valence-corrected chi connectivity index (χ1v) is 9.38. The van der Waals surface area contributed by atoms with Crippen molar-refractivity contribution in [3.8, 4) is 22.8 Å². The molecule has 0 saturated heterocycles. The number of amides is 1. The highest BCUT2D eigenvalue weighted by molar-refractivity contribution is 5.91. The van der Waals surface area contributed by atoms with Crippen LogP contribution < -0.4 is 19.4 Å². The molecular formula is C22H24N3O3+. The minimum Gasteiger partial charge on any atom is -0.497 e. The van der Waals surface area contributed by atoms with Gasteiger partial charge in [0.15, 0.2) is 12.2 Å². The summed E-state index contributed by atoms with van der Waals surface area (Å²) in [6, 6.07) is 15.5. The van der Waals surface area contributed by atoms with Crippen LogP contribution in [0, 0.1) is 0 Å². The zero-order valence-electron chi connectivity index (χ0n) is 16.1. The first-order valence-electron chi connectivity index (χ1n) is 9.38. The standard InChI is InChI=1S/C22H23N3O3/c1-27-17-11-9-16(10-12-17)19-14-24(22-8-5-13-25(19)22)15-21(26)23-18-6-3-4-7-20(18)28-2/h3-4,6-7,9-12,14H,5,8,13,15H2,1-2H3/p+1. The summed E-state index contributed by atoms with van der Waals surface area (Å²) in [7, 11) is 3.26. The van der Waals surface area contributed by atoms with Crippen LogP contribution in [-0.2, 0) is 24.3 Å². The number of carbonyl (C=O) groups excluding carboxylic acids is 1. The lowest BCUT2D eigenvalue weighted by Gasteiger charge is -2.09. The molecule has 0 saturated carbocycles. The highest BCUT2D eigenvalue weighted by Gasteiger charge is 2.29. The van der Waals surface area contributed by atoms with E-state index >= 15 is 0 Å². The van der Waals surface area contributed by atoms with Crippen molar-refractivity contribution in [3.63, 3.8) is 0 Å². The number of imidazole rings is 1. The summed E-state index contributed by atoms with van der Waals surface area (Å²) < 4.78 is 14.9. The number of ether oxygens (including phenoxy) is 2.